The second kappa shape index (κ2) is 5.70. The van der Waals surface area contributed by atoms with E-state index in [0.717, 1.165) is 17.9 Å². The number of hydrogen-bond donors (Lipinski definition) is 1. The lowest BCUT2D eigenvalue weighted by Gasteiger charge is -2.14. The van der Waals surface area contributed by atoms with Gasteiger partial charge in [-0.05, 0) is 25.3 Å². The van der Waals surface area contributed by atoms with Crippen molar-refractivity contribution >= 4 is 0 Å². The zero-order valence-corrected chi connectivity index (χ0v) is 10.1. The van der Waals surface area contributed by atoms with Gasteiger partial charge in [0.1, 0.15) is 11.8 Å². The Hall–Kier alpha value is -1.53. The number of ether oxygens (including phenoxy) is 1. The molecule has 1 aliphatic carbocycles. The van der Waals surface area contributed by atoms with E-state index in [1.165, 1.54) is 12.8 Å². The number of nitrogens with one attached hydrogen (secondary N) is 1. The molecule has 0 heterocycles. The number of nitriles is 1. The summed E-state index contributed by atoms with van der Waals surface area (Å²) in [7, 11) is 0. The first-order valence-electron chi connectivity index (χ1n) is 6.21. The van der Waals surface area contributed by atoms with E-state index in [1.807, 2.05) is 25.1 Å². The summed E-state index contributed by atoms with van der Waals surface area (Å²) in [5, 5.41) is 12.4. The van der Waals surface area contributed by atoms with Gasteiger partial charge in [-0.2, -0.15) is 5.26 Å². The van der Waals surface area contributed by atoms with E-state index in [-0.39, 0.29) is 6.10 Å². The lowest BCUT2D eigenvalue weighted by atomic mass is 10.2. The average Bonchev–Trinajstić information content (AvgIpc) is 3.18. The standard InChI is InChI=1S/C14H18N2O/c1-2-13(9-15)17-14-6-4-3-5-11(14)10-16-12-7-8-12/h3-6,12-13,16H,2,7-8,10H2,1H3. The predicted octanol–water partition coefficient (Wildman–Crippen LogP) is 2.62. The molecule has 3 nitrogen and oxygen atoms in total. The summed E-state index contributed by atoms with van der Waals surface area (Å²) in [5.41, 5.74) is 1.13. The fourth-order valence-corrected chi connectivity index (χ4v) is 1.66. The molecule has 1 aliphatic rings. The summed E-state index contributed by atoms with van der Waals surface area (Å²) < 4.78 is 5.70. The van der Waals surface area contributed by atoms with E-state index in [9.17, 15) is 0 Å². The van der Waals surface area contributed by atoms with E-state index in [1.54, 1.807) is 0 Å². The van der Waals surface area contributed by atoms with Gasteiger partial charge >= 0.3 is 0 Å². The third kappa shape index (κ3) is 3.47. The molecule has 1 fully saturated rings. The Morgan fingerprint density at radius 3 is 2.88 bits per heavy atom. The molecule has 0 radical (unpaired) electrons. The van der Waals surface area contributed by atoms with Crippen LogP contribution in [0.3, 0.4) is 0 Å². The van der Waals surface area contributed by atoms with Gasteiger partial charge in [0.15, 0.2) is 6.10 Å². The third-order valence-electron chi connectivity index (χ3n) is 2.92. The average molecular weight is 230 g/mol. The maximum atomic E-state index is 8.92. The maximum absolute atomic E-state index is 8.92. The van der Waals surface area contributed by atoms with Crippen molar-refractivity contribution in [3.8, 4) is 11.8 Å². The third-order valence-corrected chi connectivity index (χ3v) is 2.92. The molecule has 0 saturated heterocycles. The number of benzene rings is 1. The van der Waals surface area contributed by atoms with E-state index in [2.05, 4.69) is 17.5 Å². The quantitative estimate of drug-likeness (QED) is 0.817. The summed E-state index contributed by atoms with van der Waals surface area (Å²) in [6.45, 7) is 2.78. The van der Waals surface area contributed by atoms with Crippen LogP contribution in [0.4, 0.5) is 0 Å². The summed E-state index contributed by atoms with van der Waals surface area (Å²) in [4.78, 5) is 0. The molecule has 1 atom stereocenters. The van der Waals surface area contributed by atoms with Crippen LogP contribution in [-0.2, 0) is 6.54 Å². The van der Waals surface area contributed by atoms with Crippen LogP contribution in [0.2, 0.25) is 0 Å². The van der Waals surface area contributed by atoms with Crippen molar-refractivity contribution in [2.75, 3.05) is 0 Å². The molecule has 0 amide bonds. The largest absolute Gasteiger partial charge is 0.475 e. The van der Waals surface area contributed by atoms with Gasteiger partial charge in [0.2, 0.25) is 0 Å². The van der Waals surface area contributed by atoms with Gasteiger partial charge in [-0.25, -0.2) is 0 Å². The fraction of sp³-hybridized carbons (Fsp3) is 0.500. The van der Waals surface area contributed by atoms with Gasteiger partial charge in [0.05, 0.1) is 0 Å². The molecule has 1 saturated carbocycles. The zero-order valence-electron chi connectivity index (χ0n) is 10.1. The minimum atomic E-state index is -0.350. The Bertz CT molecular complexity index is 407. The molecule has 0 aliphatic heterocycles. The SMILES string of the molecule is CCC(C#N)Oc1ccccc1CNC1CC1. The van der Waals surface area contributed by atoms with Crippen LogP contribution in [0.1, 0.15) is 31.7 Å². The van der Waals surface area contributed by atoms with Gasteiger partial charge in [-0.15, -0.1) is 0 Å². The van der Waals surface area contributed by atoms with Crippen LogP contribution >= 0.6 is 0 Å². The van der Waals surface area contributed by atoms with E-state index in [0.29, 0.717) is 12.5 Å². The van der Waals surface area contributed by atoms with Gasteiger partial charge < -0.3 is 10.1 Å². The minimum Gasteiger partial charge on any atom is -0.475 e. The molecule has 0 spiro atoms. The molecule has 0 aromatic heterocycles. The second-order valence-electron chi connectivity index (χ2n) is 4.41. The van der Waals surface area contributed by atoms with Gasteiger partial charge in [0, 0.05) is 18.2 Å². The molecular formula is C14H18N2O. The van der Waals surface area contributed by atoms with Crippen molar-refractivity contribution in [2.45, 2.75) is 44.9 Å². The smallest absolute Gasteiger partial charge is 0.184 e. The molecular weight excluding hydrogens is 212 g/mol. The highest BCUT2D eigenvalue weighted by Gasteiger charge is 2.20. The van der Waals surface area contributed by atoms with Gasteiger partial charge in [-0.1, -0.05) is 25.1 Å². The number of rotatable bonds is 6. The Balaban J connectivity index is 2.01. The molecule has 1 N–H and O–H groups in total. The first-order chi connectivity index (χ1) is 8.33. The molecule has 1 aromatic rings. The van der Waals surface area contributed by atoms with Crippen LogP contribution in [0.25, 0.3) is 0 Å². The molecule has 17 heavy (non-hydrogen) atoms. The summed E-state index contributed by atoms with van der Waals surface area (Å²) in [6, 6.07) is 10.8. The van der Waals surface area contributed by atoms with Gasteiger partial charge in [0.25, 0.3) is 0 Å². The molecule has 3 heteroatoms. The van der Waals surface area contributed by atoms with Crippen LogP contribution < -0.4 is 10.1 Å². The first kappa shape index (κ1) is 11.9. The zero-order chi connectivity index (χ0) is 12.1. The van der Waals surface area contributed by atoms with Crippen LogP contribution in [0.15, 0.2) is 24.3 Å². The molecule has 2 rings (SSSR count). The van der Waals surface area contributed by atoms with E-state index >= 15 is 0 Å². The van der Waals surface area contributed by atoms with E-state index < -0.39 is 0 Å². The fourth-order valence-electron chi connectivity index (χ4n) is 1.66. The molecule has 90 valence electrons. The highest BCUT2D eigenvalue weighted by Crippen LogP contribution is 2.23. The highest BCUT2D eigenvalue weighted by molar-refractivity contribution is 5.33. The van der Waals surface area contributed by atoms with Crippen molar-refractivity contribution in [1.82, 2.24) is 5.32 Å². The summed E-state index contributed by atoms with van der Waals surface area (Å²) in [5.74, 6) is 0.828. The van der Waals surface area contributed by atoms with Crippen molar-refractivity contribution < 1.29 is 4.74 Å². The van der Waals surface area contributed by atoms with Crippen molar-refractivity contribution in [3.63, 3.8) is 0 Å². The molecule has 1 unspecified atom stereocenters. The van der Waals surface area contributed by atoms with Crippen LogP contribution in [0.5, 0.6) is 5.75 Å². The molecule has 1 aromatic carbocycles. The van der Waals surface area contributed by atoms with E-state index in [4.69, 9.17) is 10.00 Å². The second-order valence-corrected chi connectivity index (χ2v) is 4.41. The number of nitrogens with zero attached hydrogens (tertiary/aromatic N) is 1. The van der Waals surface area contributed by atoms with Crippen molar-refractivity contribution in [2.24, 2.45) is 0 Å². The Kier molecular flexibility index (Phi) is 4.00. The normalized spacial score (nSPS) is 16.2. The Labute approximate surface area is 102 Å². The van der Waals surface area contributed by atoms with Crippen molar-refractivity contribution in [1.29, 1.82) is 5.26 Å². The topological polar surface area (TPSA) is 45.0 Å². The lowest BCUT2D eigenvalue weighted by molar-refractivity contribution is 0.249. The summed E-state index contributed by atoms with van der Waals surface area (Å²) >= 11 is 0. The first-order valence-corrected chi connectivity index (χ1v) is 6.21. The van der Waals surface area contributed by atoms with Gasteiger partial charge in [-0.3, -0.25) is 0 Å². The molecule has 0 bridgehead atoms. The number of hydrogen-bond acceptors (Lipinski definition) is 3. The minimum absolute atomic E-state index is 0.350. The van der Waals surface area contributed by atoms with Crippen LogP contribution in [-0.4, -0.2) is 12.1 Å². The monoisotopic (exact) mass is 230 g/mol. The Morgan fingerprint density at radius 1 is 1.47 bits per heavy atom. The number of para-hydroxylation sites is 1. The summed E-state index contributed by atoms with van der Waals surface area (Å²) in [6.07, 6.45) is 2.91. The highest BCUT2D eigenvalue weighted by atomic mass is 16.5. The maximum Gasteiger partial charge on any atom is 0.184 e. The van der Waals surface area contributed by atoms with Crippen LogP contribution in [0, 0.1) is 11.3 Å². The van der Waals surface area contributed by atoms with Crippen molar-refractivity contribution in [3.05, 3.63) is 29.8 Å². The Morgan fingerprint density at radius 2 is 2.24 bits per heavy atom. The predicted molar refractivity (Wildman–Crippen MR) is 66.6 cm³/mol. The lowest BCUT2D eigenvalue weighted by Crippen LogP contribution is -2.18.